The zero-order chi connectivity index (χ0) is 28.8. The van der Waals surface area contributed by atoms with Crippen molar-refractivity contribution >= 4 is 35.6 Å². The minimum absolute atomic E-state index is 0.264. The highest BCUT2D eigenvalue weighted by atomic mass is 32.2. The molecule has 39 heavy (non-hydrogen) atoms. The Labute approximate surface area is 234 Å². The van der Waals surface area contributed by atoms with E-state index in [0.29, 0.717) is 6.61 Å². The molecule has 218 valence electrons. The lowest BCUT2D eigenvalue weighted by atomic mass is 9.99. The molecular formula is C28H40O10S. The molecule has 2 rings (SSSR count). The molecule has 1 heterocycles. The number of hydrogen-bond donors (Lipinski definition) is 0. The molecule has 10 nitrogen and oxygen atoms in total. The first-order valence-electron chi connectivity index (χ1n) is 13.3. The van der Waals surface area contributed by atoms with Crippen LogP contribution in [0.2, 0.25) is 0 Å². The zero-order valence-corrected chi connectivity index (χ0v) is 24.2. The smallest absolute Gasteiger partial charge is 0.303 e. The molecule has 0 N–H and O–H groups in total. The number of benzene rings is 1. The van der Waals surface area contributed by atoms with Crippen LogP contribution in [0.1, 0.15) is 73.1 Å². The first-order valence-corrected chi connectivity index (χ1v) is 14.2. The van der Waals surface area contributed by atoms with Gasteiger partial charge in [-0.05, 0) is 30.7 Å². The molecule has 0 unspecified atom stereocenters. The van der Waals surface area contributed by atoms with Crippen molar-refractivity contribution in [3.8, 4) is 5.75 Å². The minimum atomic E-state index is -1.19. The fourth-order valence-electron chi connectivity index (χ4n) is 4.10. The van der Waals surface area contributed by atoms with Gasteiger partial charge in [-0.15, -0.1) is 0 Å². The molecule has 0 aromatic heterocycles. The van der Waals surface area contributed by atoms with Crippen LogP contribution in [0.4, 0.5) is 0 Å². The molecule has 1 saturated heterocycles. The summed E-state index contributed by atoms with van der Waals surface area (Å²) >= 11 is 1.23. The van der Waals surface area contributed by atoms with Crippen molar-refractivity contribution in [2.24, 2.45) is 0 Å². The zero-order valence-electron chi connectivity index (χ0n) is 23.3. The maximum Gasteiger partial charge on any atom is 0.303 e. The van der Waals surface area contributed by atoms with Crippen molar-refractivity contribution in [1.82, 2.24) is 0 Å². The summed E-state index contributed by atoms with van der Waals surface area (Å²) in [6, 6.07) is 7.36. The molecule has 0 bridgehead atoms. The largest absolute Gasteiger partial charge is 0.494 e. The van der Waals surface area contributed by atoms with Gasteiger partial charge in [-0.2, -0.15) is 0 Å². The Kier molecular flexibility index (Phi) is 14.1. The van der Waals surface area contributed by atoms with Gasteiger partial charge in [-0.1, -0.05) is 50.8 Å². The van der Waals surface area contributed by atoms with E-state index in [9.17, 15) is 19.2 Å². The number of unbranched alkanes of at least 4 members (excludes halogenated alkanes) is 5. The number of hydrogen-bond acceptors (Lipinski definition) is 11. The third-order valence-electron chi connectivity index (χ3n) is 5.79. The lowest BCUT2D eigenvalue weighted by molar-refractivity contribution is -0.237. The summed E-state index contributed by atoms with van der Waals surface area (Å²) in [6.45, 7) is 7.40. The number of carbonyl (C=O) groups excluding carboxylic acids is 4. The summed E-state index contributed by atoms with van der Waals surface area (Å²) in [5.74, 6) is -1.80. The molecule has 1 aromatic carbocycles. The van der Waals surface area contributed by atoms with Crippen LogP contribution in [0.25, 0.3) is 0 Å². The van der Waals surface area contributed by atoms with Crippen molar-refractivity contribution in [2.45, 2.75) is 108 Å². The van der Waals surface area contributed by atoms with Crippen molar-refractivity contribution in [3.05, 3.63) is 24.3 Å². The molecule has 0 amide bonds. The quantitative estimate of drug-likeness (QED) is 0.167. The number of thioether (sulfide) groups is 1. The van der Waals surface area contributed by atoms with Crippen LogP contribution >= 0.6 is 11.8 Å². The molecule has 1 fully saturated rings. The number of ether oxygens (including phenoxy) is 6. The maximum atomic E-state index is 12.0. The minimum Gasteiger partial charge on any atom is -0.494 e. The second kappa shape index (κ2) is 17.0. The number of carbonyl (C=O) groups is 4. The molecular weight excluding hydrogens is 528 g/mol. The van der Waals surface area contributed by atoms with E-state index in [4.69, 9.17) is 28.4 Å². The Bertz CT molecular complexity index is 935. The van der Waals surface area contributed by atoms with Crippen LogP contribution in [-0.2, 0) is 42.9 Å². The van der Waals surface area contributed by atoms with Crippen LogP contribution in [0.3, 0.4) is 0 Å². The molecule has 11 heteroatoms. The van der Waals surface area contributed by atoms with E-state index in [-0.39, 0.29) is 6.61 Å². The van der Waals surface area contributed by atoms with E-state index in [1.165, 1.54) is 65.1 Å². The number of esters is 4. The molecule has 1 aliphatic heterocycles. The van der Waals surface area contributed by atoms with Gasteiger partial charge in [-0.3, -0.25) is 19.2 Å². The summed E-state index contributed by atoms with van der Waals surface area (Å²) in [7, 11) is 0. The summed E-state index contributed by atoms with van der Waals surface area (Å²) in [6.07, 6.45) is 2.61. The Morgan fingerprint density at radius 2 is 1.31 bits per heavy atom. The van der Waals surface area contributed by atoms with Crippen LogP contribution in [0.5, 0.6) is 5.75 Å². The van der Waals surface area contributed by atoms with Crippen molar-refractivity contribution in [3.63, 3.8) is 0 Å². The molecule has 0 saturated carbocycles. The standard InChI is InChI=1S/C28H40O10S/c1-6-7-8-9-10-11-16-33-22-12-14-23(15-13-22)39-28-27(37-21(5)32)26(36-20(4)31)25(35-19(3)30)24(38-28)17-34-18(2)29/h12-15,24-28H,6-11,16-17H2,1-5H3/t24-,25+,26+,27-,28+/m1/s1. The van der Waals surface area contributed by atoms with Gasteiger partial charge in [0.05, 0.1) is 6.61 Å². The third-order valence-corrected chi connectivity index (χ3v) is 6.95. The van der Waals surface area contributed by atoms with E-state index in [0.717, 1.165) is 23.5 Å². The van der Waals surface area contributed by atoms with Crippen LogP contribution < -0.4 is 4.74 Å². The normalized spacial score (nSPS) is 22.4. The second-order valence-electron chi connectivity index (χ2n) is 9.27. The molecule has 1 aliphatic rings. The highest BCUT2D eigenvalue weighted by Crippen LogP contribution is 2.38. The fourth-order valence-corrected chi connectivity index (χ4v) is 5.21. The summed E-state index contributed by atoms with van der Waals surface area (Å²) in [4.78, 5) is 48.1. The van der Waals surface area contributed by atoms with Gasteiger partial charge in [0, 0.05) is 32.6 Å². The van der Waals surface area contributed by atoms with Crippen molar-refractivity contribution < 1.29 is 47.6 Å². The highest BCUT2D eigenvalue weighted by Gasteiger charge is 2.52. The highest BCUT2D eigenvalue weighted by molar-refractivity contribution is 7.99. The Morgan fingerprint density at radius 1 is 0.744 bits per heavy atom. The molecule has 5 atom stereocenters. The van der Waals surface area contributed by atoms with Crippen molar-refractivity contribution in [1.29, 1.82) is 0 Å². The van der Waals surface area contributed by atoms with E-state index >= 15 is 0 Å². The lowest BCUT2D eigenvalue weighted by Gasteiger charge is -2.44. The topological polar surface area (TPSA) is 124 Å². The van der Waals surface area contributed by atoms with Crippen LogP contribution in [-0.4, -0.2) is 66.9 Å². The summed E-state index contributed by atoms with van der Waals surface area (Å²) in [5, 5.41) is 0. The van der Waals surface area contributed by atoms with Gasteiger partial charge in [0.1, 0.15) is 23.9 Å². The predicted molar refractivity (Wildman–Crippen MR) is 143 cm³/mol. The lowest BCUT2D eigenvalue weighted by Crippen LogP contribution is -2.61. The van der Waals surface area contributed by atoms with Gasteiger partial charge < -0.3 is 28.4 Å². The first-order chi connectivity index (χ1) is 18.6. The Balaban J connectivity index is 2.17. The van der Waals surface area contributed by atoms with Crippen LogP contribution in [0.15, 0.2) is 29.2 Å². The fraction of sp³-hybridized carbons (Fsp3) is 0.643. The summed E-state index contributed by atoms with van der Waals surface area (Å²) in [5.41, 5.74) is -0.875. The maximum absolute atomic E-state index is 12.0. The molecule has 0 radical (unpaired) electrons. The third kappa shape index (κ3) is 11.9. The van der Waals surface area contributed by atoms with Gasteiger partial charge >= 0.3 is 23.9 Å². The average molecular weight is 569 g/mol. The van der Waals surface area contributed by atoms with Gasteiger partial charge in [0.25, 0.3) is 0 Å². The van der Waals surface area contributed by atoms with Crippen molar-refractivity contribution in [2.75, 3.05) is 13.2 Å². The first kappa shape index (κ1) is 32.4. The van der Waals surface area contributed by atoms with Gasteiger partial charge in [0.2, 0.25) is 0 Å². The molecule has 0 aliphatic carbocycles. The average Bonchev–Trinajstić information content (AvgIpc) is 2.86. The molecule has 1 aromatic rings. The SMILES string of the molecule is CCCCCCCCOc1ccc(S[C@@H]2O[C@H](COC(C)=O)[C@H](OC(C)=O)[C@H](OC(C)=O)[C@H]2OC(C)=O)cc1. The molecule has 0 spiro atoms. The van der Waals surface area contributed by atoms with Crippen LogP contribution in [0, 0.1) is 0 Å². The number of rotatable bonds is 15. The second-order valence-corrected chi connectivity index (χ2v) is 10.4. The predicted octanol–water partition coefficient (Wildman–Crippen LogP) is 4.60. The summed E-state index contributed by atoms with van der Waals surface area (Å²) < 4.78 is 33.5. The Hall–Kier alpha value is -2.79. The monoisotopic (exact) mass is 568 g/mol. The van der Waals surface area contributed by atoms with E-state index < -0.39 is 53.7 Å². The van der Waals surface area contributed by atoms with Gasteiger partial charge in [-0.25, -0.2) is 0 Å². The van der Waals surface area contributed by atoms with E-state index in [1.807, 2.05) is 24.3 Å². The van der Waals surface area contributed by atoms with E-state index in [2.05, 4.69) is 6.92 Å². The van der Waals surface area contributed by atoms with Gasteiger partial charge in [0.15, 0.2) is 18.3 Å². The van der Waals surface area contributed by atoms with E-state index in [1.54, 1.807) is 0 Å². The Morgan fingerprint density at radius 3 is 1.90 bits per heavy atom.